The number of carbonyl (C=O) groups excluding carboxylic acids is 1. The van der Waals surface area contributed by atoms with E-state index in [1.807, 2.05) is 20.0 Å². The molecular formula is C10H18N4O. The van der Waals surface area contributed by atoms with E-state index in [1.165, 1.54) is 0 Å². The summed E-state index contributed by atoms with van der Waals surface area (Å²) >= 11 is 0. The van der Waals surface area contributed by atoms with E-state index in [-0.39, 0.29) is 5.91 Å². The van der Waals surface area contributed by atoms with Gasteiger partial charge in [0.15, 0.2) is 0 Å². The van der Waals surface area contributed by atoms with Gasteiger partial charge in [0.25, 0.3) is 0 Å². The number of nitrogens with two attached hydrogens (primary N) is 1. The van der Waals surface area contributed by atoms with Crippen LogP contribution in [0.4, 0.5) is 0 Å². The Bertz CT molecular complexity index is 321. The van der Waals surface area contributed by atoms with E-state index in [2.05, 4.69) is 10.4 Å². The molecular weight excluding hydrogens is 192 g/mol. The Labute approximate surface area is 89.6 Å². The highest BCUT2D eigenvalue weighted by atomic mass is 16.2. The maximum atomic E-state index is 11.3. The van der Waals surface area contributed by atoms with Crippen LogP contribution in [0.5, 0.6) is 0 Å². The first-order valence-electron chi connectivity index (χ1n) is 5.15. The Morgan fingerprint density at radius 1 is 1.73 bits per heavy atom. The van der Waals surface area contributed by atoms with E-state index in [0.717, 1.165) is 12.1 Å². The second-order valence-corrected chi connectivity index (χ2v) is 3.50. The summed E-state index contributed by atoms with van der Waals surface area (Å²) in [4.78, 5) is 11.3. The number of carbonyl (C=O) groups is 1. The maximum absolute atomic E-state index is 11.3. The zero-order valence-electron chi connectivity index (χ0n) is 9.23. The third-order valence-electron chi connectivity index (χ3n) is 2.38. The molecule has 1 heterocycles. The molecule has 0 aliphatic heterocycles. The van der Waals surface area contributed by atoms with E-state index in [1.54, 1.807) is 10.9 Å². The molecule has 0 bridgehead atoms. The van der Waals surface area contributed by atoms with Gasteiger partial charge in [0.1, 0.15) is 0 Å². The molecule has 1 amide bonds. The van der Waals surface area contributed by atoms with Crippen LogP contribution in [0.3, 0.4) is 0 Å². The van der Waals surface area contributed by atoms with Gasteiger partial charge in [0.05, 0.1) is 6.04 Å². The van der Waals surface area contributed by atoms with Crippen molar-refractivity contribution in [1.29, 1.82) is 0 Å². The van der Waals surface area contributed by atoms with Crippen molar-refractivity contribution in [2.45, 2.75) is 25.8 Å². The number of nitrogens with zero attached hydrogens (tertiary/aromatic N) is 2. The van der Waals surface area contributed by atoms with Crippen molar-refractivity contribution >= 4 is 5.91 Å². The third-order valence-corrected chi connectivity index (χ3v) is 2.38. The lowest BCUT2D eigenvalue weighted by molar-refractivity contribution is -0.122. The average molecular weight is 210 g/mol. The molecule has 0 spiro atoms. The standard InChI is InChI=1S/C10H18N4O/c1-3-9(11)10(15)12-6-4-8-5-7-13-14(8)2/h5,7,9H,3-4,6,11H2,1-2H3,(H,12,15)/t9-/m0/s1. The average Bonchev–Trinajstić information content (AvgIpc) is 2.63. The lowest BCUT2D eigenvalue weighted by Gasteiger charge is -2.09. The van der Waals surface area contributed by atoms with Crippen molar-refractivity contribution in [3.63, 3.8) is 0 Å². The SMILES string of the molecule is CC[C@H](N)C(=O)NCCc1ccnn1C. The summed E-state index contributed by atoms with van der Waals surface area (Å²) < 4.78 is 1.80. The minimum atomic E-state index is -0.392. The van der Waals surface area contributed by atoms with E-state index < -0.39 is 6.04 Å². The van der Waals surface area contributed by atoms with Crippen LogP contribution in [0.15, 0.2) is 12.3 Å². The summed E-state index contributed by atoms with van der Waals surface area (Å²) in [5, 5.41) is 6.84. The molecule has 5 heteroatoms. The predicted molar refractivity (Wildman–Crippen MR) is 58.2 cm³/mol. The molecule has 0 saturated carbocycles. The Hall–Kier alpha value is -1.36. The van der Waals surface area contributed by atoms with Crippen LogP contribution in [0.25, 0.3) is 0 Å². The van der Waals surface area contributed by atoms with Crippen LogP contribution >= 0.6 is 0 Å². The van der Waals surface area contributed by atoms with Gasteiger partial charge >= 0.3 is 0 Å². The normalized spacial score (nSPS) is 12.5. The maximum Gasteiger partial charge on any atom is 0.236 e. The summed E-state index contributed by atoms with van der Waals surface area (Å²) in [6.45, 7) is 2.50. The van der Waals surface area contributed by atoms with Gasteiger partial charge in [-0.25, -0.2) is 0 Å². The molecule has 0 aromatic carbocycles. The Balaban J connectivity index is 2.28. The molecule has 15 heavy (non-hydrogen) atoms. The second-order valence-electron chi connectivity index (χ2n) is 3.50. The zero-order valence-corrected chi connectivity index (χ0v) is 9.23. The van der Waals surface area contributed by atoms with E-state index in [9.17, 15) is 4.79 Å². The number of aryl methyl sites for hydroxylation is 1. The van der Waals surface area contributed by atoms with Crippen LogP contribution in [-0.2, 0) is 18.3 Å². The van der Waals surface area contributed by atoms with Gasteiger partial charge in [-0.1, -0.05) is 6.92 Å². The molecule has 0 radical (unpaired) electrons. The molecule has 84 valence electrons. The quantitative estimate of drug-likeness (QED) is 0.708. The molecule has 1 aromatic rings. The molecule has 0 aliphatic carbocycles. The first-order valence-corrected chi connectivity index (χ1v) is 5.15. The summed E-state index contributed by atoms with van der Waals surface area (Å²) in [5.41, 5.74) is 6.67. The highest BCUT2D eigenvalue weighted by Gasteiger charge is 2.09. The molecule has 0 aliphatic rings. The minimum absolute atomic E-state index is 0.0836. The van der Waals surface area contributed by atoms with Crippen LogP contribution in [0.2, 0.25) is 0 Å². The van der Waals surface area contributed by atoms with E-state index >= 15 is 0 Å². The second kappa shape index (κ2) is 5.50. The molecule has 5 nitrogen and oxygen atoms in total. The summed E-state index contributed by atoms with van der Waals surface area (Å²) in [5.74, 6) is -0.0836. The fourth-order valence-electron chi connectivity index (χ4n) is 1.28. The number of hydrogen-bond acceptors (Lipinski definition) is 3. The van der Waals surface area contributed by atoms with Crippen LogP contribution < -0.4 is 11.1 Å². The number of rotatable bonds is 5. The van der Waals surface area contributed by atoms with E-state index in [0.29, 0.717) is 13.0 Å². The van der Waals surface area contributed by atoms with Crippen LogP contribution in [0, 0.1) is 0 Å². The molecule has 0 saturated heterocycles. The fourth-order valence-corrected chi connectivity index (χ4v) is 1.28. The van der Waals surface area contributed by atoms with Crippen molar-refractivity contribution in [2.75, 3.05) is 6.54 Å². The lowest BCUT2D eigenvalue weighted by Crippen LogP contribution is -2.40. The molecule has 1 aromatic heterocycles. The Morgan fingerprint density at radius 3 is 3.00 bits per heavy atom. The molecule has 1 atom stereocenters. The highest BCUT2D eigenvalue weighted by Crippen LogP contribution is 1.96. The molecule has 0 fully saturated rings. The minimum Gasteiger partial charge on any atom is -0.354 e. The first kappa shape index (κ1) is 11.7. The third kappa shape index (κ3) is 3.36. The van der Waals surface area contributed by atoms with Crippen LogP contribution in [-0.4, -0.2) is 28.3 Å². The number of aromatic nitrogens is 2. The Kier molecular flexibility index (Phi) is 4.30. The van der Waals surface area contributed by atoms with Gasteiger partial charge in [-0.05, 0) is 12.5 Å². The topological polar surface area (TPSA) is 72.9 Å². The largest absolute Gasteiger partial charge is 0.354 e. The van der Waals surface area contributed by atoms with Gasteiger partial charge in [0.2, 0.25) is 5.91 Å². The summed E-state index contributed by atoms with van der Waals surface area (Å²) in [6.07, 6.45) is 3.19. The first-order chi connectivity index (χ1) is 7.15. The van der Waals surface area contributed by atoms with Crippen LogP contribution in [0.1, 0.15) is 19.0 Å². The number of hydrogen-bond donors (Lipinski definition) is 2. The van der Waals surface area contributed by atoms with Crippen molar-refractivity contribution in [1.82, 2.24) is 15.1 Å². The van der Waals surface area contributed by atoms with Crippen molar-refractivity contribution in [2.24, 2.45) is 12.8 Å². The monoisotopic (exact) mass is 210 g/mol. The zero-order chi connectivity index (χ0) is 11.3. The lowest BCUT2D eigenvalue weighted by atomic mass is 10.2. The summed E-state index contributed by atoms with van der Waals surface area (Å²) in [6, 6.07) is 1.54. The molecule has 3 N–H and O–H groups in total. The van der Waals surface area contributed by atoms with Gasteiger partial charge in [-0.15, -0.1) is 0 Å². The van der Waals surface area contributed by atoms with Gasteiger partial charge in [-0.3, -0.25) is 9.48 Å². The van der Waals surface area contributed by atoms with Gasteiger partial charge in [-0.2, -0.15) is 5.10 Å². The summed E-state index contributed by atoms with van der Waals surface area (Å²) in [7, 11) is 1.88. The smallest absolute Gasteiger partial charge is 0.236 e. The van der Waals surface area contributed by atoms with Crippen molar-refractivity contribution in [3.05, 3.63) is 18.0 Å². The molecule has 1 rings (SSSR count). The van der Waals surface area contributed by atoms with Crippen molar-refractivity contribution < 1.29 is 4.79 Å². The number of nitrogens with one attached hydrogen (secondary N) is 1. The highest BCUT2D eigenvalue weighted by molar-refractivity contribution is 5.81. The Morgan fingerprint density at radius 2 is 2.47 bits per heavy atom. The van der Waals surface area contributed by atoms with Gasteiger partial charge in [0, 0.05) is 31.9 Å². The predicted octanol–water partition coefficient (Wildman–Crippen LogP) is -0.184. The molecule has 0 unspecified atom stereocenters. The van der Waals surface area contributed by atoms with Gasteiger partial charge < -0.3 is 11.1 Å². The van der Waals surface area contributed by atoms with E-state index in [4.69, 9.17) is 5.73 Å². The fraction of sp³-hybridized carbons (Fsp3) is 0.600. The number of amides is 1. The van der Waals surface area contributed by atoms with Crippen molar-refractivity contribution in [3.8, 4) is 0 Å².